The van der Waals surface area contributed by atoms with Crippen molar-refractivity contribution >= 4 is 35.8 Å². The van der Waals surface area contributed by atoms with Crippen molar-refractivity contribution in [3.8, 4) is 0 Å². The molecule has 0 aromatic heterocycles. The molecule has 5 atom stereocenters. The number of rotatable bonds is 21. The van der Waals surface area contributed by atoms with Crippen LogP contribution in [0.2, 0.25) is 0 Å². The van der Waals surface area contributed by atoms with E-state index in [2.05, 4.69) is 40.4 Å². The number of benzene rings is 2. The smallest absolute Gasteiger partial charge is 0.408 e. The summed E-state index contributed by atoms with van der Waals surface area (Å²) in [4.78, 5) is 84.8. The quantitative estimate of drug-likeness (QED) is 0.0522. The van der Waals surface area contributed by atoms with Crippen molar-refractivity contribution in [3.63, 3.8) is 0 Å². The topological polar surface area (TPSA) is 208 Å². The number of piperidine rings is 1. The molecule has 16 heteroatoms. The Bertz CT molecular complexity index is 2070. The molecule has 396 valence electrons. The standard InChI is InChI=1S/C54H83N7O9.CH4/c1-35(2)29-43(58-51(67)70-52(6,7)8)37(5)30-40(31-38-21-15-13-16-22-38)49(65)60-28-20-26-44(60)47(63)59-45(36(3)4)48(64)57-42(25-19-27-55-50(66)69-34-39-23-17-14-18-24-39)46(62)56-41-32-53(9,10)61(68)54(11,12)33-41;/h13-18,21-24,30,35-36,40-45,68H,19-20,25-29,31-34H2,1-12H3,(H,55,66)(H,56,62)(H,57,64)(H,58,67)(H,59,63);1H4/b37-30+;/t40-,42+,43+,44+,45+;/m1./s1. The summed E-state index contributed by atoms with van der Waals surface area (Å²) in [5.74, 6) is -2.54. The molecule has 2 aromatic rings. The third-order valence-corrected chi connectivity index (χ3v) is 12.9. The van der Waals surface area contributed by atoms with Crippen LogP contribution in [-0.2, 0) is 41.7 Å². The second-order valence-electron chi connectivity index (χ2n) is 22.2. The van der Waals surface area contributed by atoms with Crippen molar-refractivity contribution in [1.82, 2.24) is 36.5 Å². The third-order valence-electron chi connectivity index (χ3n) is 12.9. The van der Waals surface area contributed by atoms with E-state index in [1.807, 2.05) is 101 Å². The lowest BCUT2D eigenvalue weighted by Crippen LogP contribution is -2.64. The average Bonchev–Trinajstić information content (AvgIpc) is 3.77. The fraction of sp³-hybridized carbons (Fsp3) is 0.636. The van der Waals surface area contributed by atoms with Gasteiger partial charge in [-0.25, -0.2) is 9.59 Å². The number of nitrogens with one attached hydrogen (secondary N) is 5. The van der Waals surface area contributed by atoms with Crippen LogP contribution in [0, 0.1) is 17.8 Å². The molecule has 2 fully saturated rings. The molecule has 4 rings (SSSR count). The maximum absolute atomic E-state index is 14.8. The minimum Gasteiger partial charge on any atom is -0.445 e. The lowest BCUT2D eigenvalue weighted by molar-refractivity contribution is -0.246. The molecular formula is C55H87N7O9. The van der Waals surface area contributed by atoms with Gasteiger partial charge in [0, 0.05) is 30.2 Å². The van der Waals surface area contributed by atoms with Gasteiger partial charge in [-0.3, -0.25) is 19.2 Å². The first-order valence-corrected chi connectivity index (χ1v) is 25.1. The third kappa shape index (κ3) is 18.9. The number of nitrogens with zero attached hydrogens (tertiary/aromatic N) is 2. The van der Waals surface area contributed by atoms with Crippen LogP contribution in [0.1, 0.15) is 147 Å². The lowest BCUT2D eigenvalue weighted by Gasteiger charge is -2.51. The molecule has 0 saturated carbocycles. The fourth-order valence-corrected chi connectivity index (χ4v) is 9.57. The molecule has 2 saturated heterocycles. The van der Waals surface area contributed by atoms with Gasteiger partial charge in [0.15, 0.2) is 0 Å². The zero-order chi connectivity index (χ0) is 52.0. The highest BCUT2D eigenvalue weighted by molar-refractivity contribution is 5.95. The molecule has 0 unspecified atom stereocenters. The van der Waals surface area contributed by atoms with Crippen molar-refractivity contribution in [3.05, 3.63) is 83.4 Å². The van der Waals surface area contributed by atoms with Crippen molar-refractivity contribution in [2.75, 3.05) is 13.1 Å². The van der Waals surface area contributed by atoms with Crippen LogP contribution in [-0.4, -0.2) is 111 Å². The van der Waals surface area contributed by atoms with E-state index in [9.17, 15) is 34.0 Å². The first kappa shape index (κ1) is 59.8. The highest BCUT2D eigenvalue weighted by atomic mass is 16.6. The number of likely N-dealkylation sites (tertiary alicyclic amines) is 1. The van der Waals surface area contributed by atoms with Gasteiger partial charge in [0.25, 0.3) is 0 Å². The summed E-state index contributed by atoms with van der Waals surface area (Å²) in [5, 5.41) is 27.0. The van der Waals surface area contributed by atoms with Crippen LogP contribution in [0.3, 0.4) is 0 Å². The van der Waals surface area contributed by atoms with Crippen molar-refractivity contribution < 1.29 is 43.4 Å². The molecular weight excluding hydrogens is 903 g/mol. The minimum absolute atomic E-state index is 0. The summed E-state index contributed by atoms with van der Waals surface area (Å²) in [6, 6.07) is 15.3. The highest BCUT2D eigenvalue weighted by Crippen LogP contribution is 2.37. The van der Waals surface area contributed by atoms with Crippen LogP contribution in [0.4, 0.5) is 9.59 Å². The molecule has 6 amide bonds. The number of hydrogen-bond donors (Lipinski definition) is 6. The Morgan fingerprint density at radius 1 is 0.817 bits per heavy atom. The second kappa shape index (κ2) is 26.8. The van der Waals surface area contributed by atoms with Gasteiger partial charge in [-0.15, -0.1) is 0 Å². The van der Waals surface area contributed by atoms with Crippen molar-refractivity contribution in [2.45, 2.75) is 195 Å². The Labute approximate surface area is 424 Å². The molecule has 2 aromatic carbocycles. The predicted molar refractivity (Wildman–Crippen MR) is 277 cm³/mol. The van der Waals surface area contributed by atoms with Crippen molar-refractivity contribution in [1.29, 1.82) is 0 Å². The van der Waals surface area contributed by atoms with E-state index in [4.69, 9.17) is 9.47 Å². The number of hydrogen-bond acceptors (Lipinski definition) is 10. The molecule has 0 aliphatic carbocycles. The molecule has 0 bridgehead atoms. The van der Waals surface area contributed by atoms with Gasteiger partial charge in [-0.2, -0.15) is 5.06 Å². The SMILES string of the molecule is C.C/C(=C\[C@H](Cc1ccccc1)C(=O)N1CCC[C@H]1C(=O)N[C@H](C(=O)N[C@@H](CCCNC(=O)OCc1ccccc1)C(=O)NC1CC(C)(C)N(O)C(C)(C)C1)C(C)C)[C@H](CC(C)C)NC(=O)OC(C)(C)C. The number of hydroxylamine groups is 2. The van der Waals surface area contributed by atoms with Crippen molar-refractivity contribution in [2.24, 2.45) is 17.8 Å². The normalized spacial score (nSPS) is 18.8. The van der Waals surface area contributed by atoms with Gasteiger partial charge in [0.1, 0.15) is 30.3 Å². The van der Waals surface area contributed by atoms with Gasteiger partial charge >= 0.3 is 12.2 Å². The Balaban J connectivity index is 0.0000133. The Hall–Kier alpha value is -5.48. The van der Waals surface area contributed by atoms with E-state index < -0.39 is 82.6 Å². The first-order chi connectivity index (χ1) is 32.8. The van der Waals surface area contributed by atoms with Gasteiger partial charge < -0.3 is 46.2 Å². The molecule has 2 aliphatic rings. The molecule has 0 spiro atoms. The van der Waals surface area contributed by atoms with E-state index in [0.29, 0.717) is 51.5 Å². The summed E-state index contributed by atoms with van der Waals surface area (Å²) in [7, 11) is 0. The second-order valence-corrected chi connectivity index (χ2v) is 22.2. The van der Waals surface area contributed by atoms with Gasteiger partial charge in [0.05, 0.1) is 12.0 Å². The lowest BCUT2D eigenvalue weighted by atomic mass is 9.79. The number of carbonyl (C=O) groups is 6. The molecule has 16 nitrogen and oxygen atoms in total. The monoisotopic (exact) mass is 990 g/mol. The van der Waals surface area contributed by atoms with Gasteiger partial charge in [-0.05, 0) is 130 Å². The van der Waals surface area contributed by atoms with Gasteiger partial charge in [0.2, 0.25) is 23.6 Å². The van der Waals surface area contributed by atoms with Crippen LogP contribution in [0.25, 0.3) is 0 Å². The summed E-state index contributed by atoms with van der Waals surface area (Å²) in [6.07, 6.45) is 4.09. The van der Waals surface area contributed by atoms with E-state index >= 15 is 0 Å². The largest absolute Gasteiger partial charge is 0.445 e. The van der Waals surface area contributed by atoms with E-state index in [0.717, 1.165) is 16.7 Å². The number of amides is 6. The van der Waals surface area contributed by atoms with Crippen LogP contribution in [0.15, 0.2) is 72.3 Å². The Morgan fingerprint density at radius 2 is 1.41 bits per heavy atom. The predicted octanol–water partition coefficient (Wildman–Crippen LogP) is 8.22. The molecule has 2 aliphatic heterocycles. The van der Waals surface area contributed by atoms with Crippen LogP contribution in [0.5, 0.6) is 0 Å². The van der Waals surface area contributed by atoms with Crippen LogP contribution < -0.4 is 26.6 Å². The maximum atomic E-state index is 14.8. The fourth-order valence-electron chi connectivity index (χ4n) is 9.57. The Morgan fingerprint density at radius 3 is 1.97 bits per heavy atom. The zero-order valence-electron chi connectivity index (χ0n) is 43.9. The number of alkyl carbamates (subject to hydrolysis) is 2. The molecule has 2 heterocycles. The molecule has 71 heavy (non-hydrogen) atoms. The van der Waals surface area contributed by atoms with E-state index in [1.165, 1.54) is 5.06 Å². The zero-order valence-corrected chi connectivity index (χ0v) is 43.9. The minimum atomic E-state index is -1.06. The summed E-state index contributed by atoms with van der Waals surface area (Å²) in [6.45, 7) is 23.3. The summed E-state index contributed by atoms with van der Waals surface area (Å²) >= 11 is 0. The average molecular weight is 990 g/mol. The molecule has 6 N–H and O–H groups in total. The van der Waals surface area contributed by atoms with E-state index in [1.54, 1.807) is 39.5 Å². The number of ether oxygens (including phenoxy) is 2. The highest BCUT2D eigenvalue weighted by Gasteiger charge is 2.46. The van der Waals surface area contributed by atoms with E-state index in [-0.39, 0.29) is 44.9 Å². The Kier molecular flexibility index (Phi) is 22.6. The maximum Gasteiger partial charge on any atom is 0.408 e. The number of carbonyl (C=O) groups excluding carboxylic acids is 6. The molecule has 0 radical (unpaired) electrons. The summed E-state index contributed by atoms with van der Waals surface area (Å²) in [5.41, 5.74) is 0.597. The summed E-state index contributed by atoms with van der Waals surface area (Å²) < 4.78 is 10.9. The van der Waals surface area contributed by atoms with Crippen LogP contribution >= 0.6 is 0 Å². The van der Waals surface area contributed by atoms with Gasteiger partial charge in [-0.1, -0.05) is 107 Å². The first-order valence-electron chi connectivity index (χ1n) is 25.1.